The third-order valence-electron chi connectivity index (χ3n) is 3.04. The number of ether oxygens (including phenoxy) is 2. The average molecular weight is 276 g/mol. The molecule has 0 aliphatic carbocycles. The highest BCUT2D eigenvalue weighted by molar-refractivity contribution is 5.77. The summed E-state index contributed by atoms with van der Waals surface area (Å²) >= 11 is 0. The van der Waals surface area contributed by atoms with E-state index in [-0.39, 0.29) is 18.6 Å². The van der Waals surface area contributed by atoms with Crippen LogP contribution >= 0.6 is 0 Å². The van der Waals surface area contributed by atoms with Crippen LogP contribution in [0.25, 0.3) is 0 Å². The van der Waals surface area contributed by atoms with E-state index in [1.54, 1.807) is 18.2 Å². The lowest BCUT2D eigenvalue weighted by atomic mass is 10.1. The average Bonchev–Trinajstić information content (AvgIpc) is 2.44. The maximum atomic E-state index is 11.7. The smallest absolute Gasteiger partial charge is 0.258 e. The predicted octanol–water partition coefficient (Wildman–Crippen LogP) is 2.11. The van der Waals surface area contributed by atoms with Gasteiger partial charge in [0.05, 0.1) is 18.7 Å². The van der Waals surface area contributed by atoms with Crippen LogP contribution in [0.4, 0.5) is 0 Å². The Balaban J connectivity index is 2.62. The van der Waals surface area contributed by atoms with Crippen LogP contribution in [0.5, 0.6) is 11.5 Å². The highest BCUT2D eigenvalue weighted by atomic mass is 16.5. The lowest BCUT2D eigenvalue weighted by molar-refractivity contribution is -0.124. The molecule has 0 heterocycles. The van der Waals surface area contributed by atoms with Gasteiger partial charge in [0.2, 0.25) is 0 Å². The van der Waals surface area contributed by atoms with Crippen LogP contribution in [0.2, 0.25) is 0 Å². The Kier molecular flexibility index (Phi) is 5.85. The molecule has 0 saturated carbocycles. The molecule has 1 amide bonds. The molecule has 0 fully saturated rings. The molecule has 20 heavy (non-hydrogen) atoms. The number of methoxy groups -OCH3 is 1. The molecular weight excluding hydrogens is 256 g/mol. The number of amides is 1. The summed E-state index contributed by atoms with van der Waals surface area (Å²) in [6, 6.07) is 6.92. The molecule has 1 N–H and O–H groups in total. The van der Waals surface area contributed by atoms with Crippen LogP contribution in [-0.2, 0) is 4.79 Å². The van der Waals surface area contributed by atoms with Crippen molar-refractivity contribution in [3.05, 3.63) is 23.8 Å². The maximum Gasteiger partial charge on any atom is 0.258 e. The summed E-state index contributed by atoms with van der Waals surface area (Å²) in [5.74, 6) is 1.06. The van der Waals surface area contributed by atoms with Crippen LogP contribution in [0.3, 0.4) is 0 Å². The summed E-state index contributed by atoms with van der Waals surface area (Å²) in [7, 11) is 1.49. The van der Waals surface area contributed by atoms with Crippen molar-refractivity contribution in [2.24, 2.45) is 5.92 Å². The number of carbonyl (C=O) groups is 1. The summed E-state index contributed by atoms with van der Waals surface area (Å²) < 4.78 is 10.6. The van der Waals surface area contributed by atoms with E-state index in [0.29, 0.717) is 23.0 Å². The van der Waals surface area contributed by atoms with Gasteiger partial charge in [-0.05, 0) is 25.0 Å². The number of rotatable bonds is 6. The zero-order valence-electron chi connectivity index (χ0n) is 12.3. The monoisotopic (exact) mass is 276 g/mol. The van der Waals surface area contributed by atoms with Gasteiger partial charge >= 0.3 is 0 Å². The zero-order valence-corrected chi connectivity index (χ0v) is 12.3. The number of benzene rings is 1. The molecule has 1 atom stereocenters. The normalized spacial score (nSPS) is 11.6. The van der Waals surface area contributed by atoms with E-state index < -0.39 is 0 Å². The van der Waals surface area contributed by atoms with E-state index in [2.05, 4.69) is 5.32 Å². The van der Waals surface area contributed by atoms with E-state index in [0.717, 1.165) is 0 Å². The van der Waals surface area contributed by atoms with Gasteiger partial charge in [0.1, 0.15) is 0 Å². The van der Waals surface area contributed by atoms with Gasteiger partial charge in [0.15, 0.2) is 18.1 Å². The largest absolute Gasteiger partial charge is 0.493 e. The molecule has 5 nitrogen and oxygen atoms in total. The van der Waals surface area contributed by atoms with Crippen LogP contribution in [0, 0.1) is 17.2 Å². The second kappa shape index (κ2) is 7.39. The Morgan fingerprint density at radius 1 is 1.35 bits per heavy atom. The summed E-state index contributed by atoms with van der Waals surface area (Å²) in [6.07, 6.45) is 0. The molecule has 0 spiro atoms. The lowest BCUT2D eigenvalue weighted by Crippen LogP contribution is -2.38. The van der Waals surface area contributed by atoms with Gasteiger partial charge < -0.3 is 14.8 Å². The molecule has 0 bridgehead atoms. The second-order valence-corrected chi connectivity index (χ2v) is 4.87. The first kappa shape index (κ1) is 15.8. The molecule has 1 rings (SSSR count). The SMILES string of the molecule is COc1cc(C#N)ccc1OCC(=O)N[C@H](C)C(C)C. The van der Waals surface area contributed by atoms with Gasteiger partial charge in [-0.15, -0.1) is 0 Å². The number of nitrogens with one attached hydrogen (secondary N) is 1. The van der Waals surface area contributed by atoms with E-state index in [1.165, 1.54) is 7.11 Å². The number of hydrogen-bond acceptors (Lipinski definition) is 4. The molecule has 1 aromatic rings. The van der Waals surface area contributed by atoms with E-state index in [1.807, 2.05) is 26.8 Å². The number of nitriles is 1. The van der Waals surface area contributed by atoms with Crippen molar-refractivity contribution in [1.82, 2.24) is 5.32 Å². The van der Waals surface area contributed by atoms with Gasteiger partial charge in [0, 0.05) is 12.1 Å². The first-order valence-electron chi connectivity index (χ1n) is 6.48. The minimum atomic E-state index is -0.183. The molecule has 0 saturated heterocycles. The lowest BCUT2D eigenvalue weighted by Gasteiger charge is -2.18. The maximum absolute atomic E-state index is 11.7. The van der Waals surface area contributed by atoms with Crippen molar-refractivity contribution >= 4 is 5.91 Å². The van der Waals surface area contributed by atoms with Crippen molar-refractivity contribution in [3.63, 3.8) is 0 Å². The molecule has 5 heteroatoms. The van der Waals surface area contributed by atoms with Crippen molar-refractivity contribution in [3.8, 4) is 17.6 Å². The number of nitrogens with zero attached hydrogens (tertiary/aromatic N) is 1. The molecule has 0 unspecified atom stereocenters. The molecule has 0 aliphatic heterocycles. The Hall–Kier alpha value is -2.22. The molecule has 1 aromatic carbocycles. The van der Waals surface area contributed by atoms with E-state index in [9.17, 15) is 4.79 Å². The molecular formula is C15H20N2O3. The van der Waals surface area contributed by atoms with Crippen LogP contribution in [-0.4, -0.2) is 25.7 Å². The molecule has 108 valence electrons. The summed E-state index contributed by atoms with van der Waals surface area (Å²) in [4.78, 5) is 11.7. The molecule has 0 aromatic heterocycles. The summed E-state index contributed by atoms with van der Waals surface area (Å²) in [6.45, 7) is 5.94. The summed E-state index contributed by atoms with van der Waals surface area (Å²) in [5.41, 5.74) is 0.479. The van der Waals surface area contributed by atoms with Gasteiger partial charge in [-0.1, -0.05) is 13.8 Å². The first-order chi connectivity index (χ1) is 9.47. The quantitative estimate of drug-likeness (QED) is 0.863. The van der Waals surface area contributed by atoms with Crippen molar-refractivity contribution in [1.29, 1.82) is 5.26 Å². The van der Waals surface area contributed by atoms with Crippen LogP contribution < -0.4 is 14.8 Å². The highest BCUT2D eigenvalue weighted by Gasteiger charge is 2.12. The second-order valence-electron chi connectivity index (χ2n) is 4.87. The third-order valence-corrected chi connectivity index (χ3v) is 3.04. The fourth-order valence-electron chi connectivity index (χ4n) is 1.46. The van der Waals surface area contributed by atoms with Crippen LogP contribution in [0.15, 0.2) is 18.2 Å². The highest BCUT2D eigenvalue weighted by Crippen LogP contribution is 2.27. The Morgan fingerprint density at radius 2 is 2.05 bits per heavy atom. The van der Waals surface area contributed by atoms with Gasteiger partial charge in [0.25, 0.3) is 5.91 Å². The van der Waals surface area contributed by atoms with Gasteiger partial charge in [-0.25, -0.2) is 0 Å². The van der Waals surface area contributed by atoms with E-state index in [4.69, 9.17) is 14.7 Å². The van der Waals surface area contributed by atoms with Crippen LogP contribution in [0.1, 0.15) is 26.3 Å². The van der Waals surface area contributed by atoms with Crippen molar-refractivity contribution in [2.75, 3.05) is 13.7 Å². The van der Waals surface area contributed by atoms with Crippen molar-refractivity contribution in [2.45, 2.75) is 26.8 Å². The first-order valence-corrected chi connectivity index (χ1v) is 6.48. The summed E-state index contributed by atoms with van der Waals surface area (Å²) in [5, 5.41) is 11.7. The fourth-order valence-corrected chi connectivity index (χ4v) is 1.46. The number of carbonyl (C=O) groups excluding carboxylic acids is 1. The molecule has 0 aliphatic rings. The minimum Gasteiger partial charge on any atom is -0.493 e. The van der Waals surface area contributed by atoms with Gasteiger partial charge in [-0.3, -0.25) is 4.79 Å². The fraction of sp³-hybridized carbons (Fsp3) is 0.467. The Morgan fingerprint density at radius 3 is 2.60 bits per heavy atom. The minimum absolute atomic E-state index is 0.0840. The third kappa shape index (κ3) is 4.47. The van der Waals surface area contributed by atoms with Crippen molar-refractivity contribution < 1.29 is 14.3 Å². The Bertz CT molecular complexity index is 506. The Labute approximate surface area is 119 Å². The standard InChI is InChI=1S/C15H20N2O3/c1-10(2)11(3)17-15(18)9-20-13-6-5-12(8-16)7-14(13)19-4/h5-7,10-11H,9H2,1-4H3,(H,17,18)/t11-/m1/s1. The van der Waals surface area contributed by atoms with Gasteiger partial charge in [-0.2, -0.15) is 5.26 Å². The molecule has 0 radical (unpaired) electrons. The zero-order chi connectivity index (χ0) is 15.1. The topological polar surface area (TPSA) is 71.3 Å². The van der Waals surface area contributed by atoms with E-state index >= 15 is 0 Å². The predicted molar refractivity (Wildman–Crippen MR) is 75.6 cm³/mol. The number of hydrogen-bond donors (Lipinski definition) is 1.